The zero-order valence-corrected chi connectivity index (χ0v) is 15.4. The summed E-state index contributed by atoms with van der Waals surface area (Å²) in [7, 11) is 0. The second-order valence-corrected chi connectivity index (χ2v) is 6.55. The van der Waals surface area contributed by atoms with Crippen LogP contribution in [-0.2, 0) is 17.8 Å². The van der Waals surface area contributed by atoms with E-state index in [1.165, 1.54) is 0 Å². The average Bonchev–Trinajstić information content (AvgIpc) is 3.23. The molecule has 4 rings (SSSR count). The third-order valence-electron chi connectivity index (χ3n) is 4.66. The summed E-state index contributed by atoms with van der Waals surface area (Å²) in [5.41, 5.74) is 5.53. The van der Waals surface area contributed by atoms with E-state index in [-0.39, 0.29) is 5.91 Å². The monoisotopic (exact) mass is 359 g/mol. The molecular weight excluding hydrogens is 338 g/mol. The highest BCUT2D eigenvalue weighted by atomic mass is 16.1. The number of aryl methyl sites for hydroxylation is 1. The maximum atomic E-state index is 12.5. The highest BCUT2D eigenvalue weighted by Crippen LogP contribution is 2.18. The smallest absolute Gasteiger partial charge is 0.224 e. The van der Waals surface area contributed by atoms with E-state index in [0.717, 1.165) is 34.0 Å². The second kappa shape index (κ2) is 7.07. The van der Waals surface area contributed by atoms with Crippen LogP contribution >= 0.6 is 0 Å². The minimum Gasteiger partial charge on any atom is -0.350 e. The third kappa shape index (κ3) is 3.46. The summed E-state index contributed by atoms with van der Waals surface area (Å²) in [5, 5.41) is 7.56. The molecule has 0 aliphatic heterocycles. The summed E-state index contributed by atoms with van der Waals surface area (Å²) in [6.07, 6.45) is 4.18. The second-order valence-electron chi connectivity index (χ2n) is 6.55. The lowest BCUT2D eigenvalue weighted by Crippen LogP contribution is -2.25. The Morgan fingerprint density at radius 1 is 1.07 bits per heavy atom. The van der Waals surface area contributed by atoms with Crippen molar-refractivity contribution in [3.8, 4) is 5.69 Å². The van der Waals surface area contributed by atoms with Crippen molar-refractivity contribution in [2.75, 3.05) is 0 Å². The Balaban J connectivity index is 1.46. The molecule has 3 aromatic heterocycles. The van der Waals surface area contributed by atoms with Gasteiger partial charge in [-0.15, -0.1) is 0 Å². The Labute approximate surface area is 157 Å². The Hall–Kier alpha value is -3.41. The molecule has 0 aliphatic carbocycles. The molecule has 0 radical (unpaired) electrons. The molecular formula is C21H21N5O. The number of carbonyl (C=O) groups is 1. The molecule has 0 saturated heterocycles. The van der Waals surface area contributed by atoms with Gasteiger partial charge in [0.25, 0.3) is 0 Å². The average molecular weight is 359 g/mol. The summed E-state index contributed by atoms with van der Waals surface area (Å²) in [4.78, 5) is 17.0. The first kappa shape index (κ1) is 17.0. The van der Waals surface area contributed by atoms with Crippen molar-refractivity contribution < 1.29 is 4.79 Å². The SMILES string of the molecule is Cc1nn(-c2ccccc2)c(C)c1CC(=O)NCc1cn2ccccc2n1. The molecule has 6 heteroatoms. The molecule has 0 atom stereocenters. The van der Waals surface area contributed by atoms with Crippen molar-refractivity contribution >= 4 is 11.6 Å². The number of para-hydroxylation sites is 1. The lowest BCUT2D eigenvalue weighted by molar-refractivity contribution is -0.120. The molecule has 1 aromatic carbocycles. The number of fused-ring (bicyclic) bond motifs is 1. The van der Waals surface area contributed by atoms with Crippen molar-refractivity contribution in [2.45, 2.75) is 26.8 Å². The van der Waals surface area contributed by atoms with Gasteiger partial charge in [0.2, 0.25) is 5.91 Å². The zero-order chi connectivity index (χ0) is 18.8. The van der Waals surface area contributed by atoms with Crippen LogP contribution in [-0.4, -0.2) is 25.1 Å². The molecule has 3 heterocycles. The highest BCUT2D eigenvalue weighted by molar-refractivity contribution is 5.79. The van der Waals surface area contributed by atoms with Gasteiger partial charge in [0.05, 0.1) is 30.0 Å². The fraction of sp³-hybridized carbons (Fsp3) is 0.190. The van der Waals surface area contributed by atoms with Crippen LogP contribution in [0.5, 0.6) is 0 Å². The quantitative estimate of drug-likeness (QED) is 0.596. The first-order valence-electron chi connectivity index (χ1n) is 8.91. The van der Waals surface area contributed by atoms with Gasteiger partial charge in [0.15, 0.2) is 0 Å². The fourth-order valence-corrected chi connectivity index (χ4v) is 3.24. The number of pyridine rings is 1. The number of imidazole rings is 1. The molecule has 27 heavy (non-hydrogen) atoms. The summed E-state index contributed by atoms with van der Waals surface area (Å²) < 4.78 is 3.83. The van der Waals surface area contributed by atoms with E-state index in [4.69, 9.17) is 0 Å². The summed E-state index contributed by atoms with van der Waals surface area (Å²) in [6, 6.07) is 15.8. The van der Waals surface area contributed by atoms with E-state index >= 15 is 0 Å². The molecule has 0 bridgehead atoms. The zero-order valence-electron chi connectivity index (χ0n) is 15.4. The maximum Gasteiger partial charge on any atom is 0.224 e. The summed E-state index contributed by atoms with van der Waals surface area (Å²) in [6.45, 7) is 4.35. The van der Waals surface area contributed by atoms with Crippen LogP contribution in [0.15, 0.2) is 60.9 Å². The topological polar surface area (TPSA) is 64.2 Å². The molecule has 1 amide bonds. The van der Waals surface area contributed by atoms with Crippen molar-refractivity contribution in [1.29, 1.82) is 0 Å². The van der Waals surface area contributed by atoms with Crippen LogP contribution < -0.4 is 5.32 Å². The number of benzene rings is 1. The van der Waals surface area contributed by atoms with Gasteiger partial charge in [-0.1, -0.05) is 24.3 Å². The Bertz CT molecular complexity index is 1060. The maximum absolute atomic E-state index is 12.5. The van der Waals surface area contributed by atoms with Crippen LogP contribution in [0.1, 0.15) is 22.6 Å². The van der Waals surface area contributed by atoms with Gasteiger partial charge in [-0.3, -0.25) is 4.79 Å². The molecule has 4 aromatic rings. The molecule has 0 saturated carbocycles. The Kier molecular flexibility index (Phi) is 4.46. The Morgan fingerprint density at radius 2 is 1.85 bits per heavy atom. The number of carbonyl (C=O) groups excluding carboxylic acids is 1. The molecule has 0 spiro atoms. The fourth-order valence-electron chi connectivity index (χ4n) is 3.24. The summed E-state index contributed by atoms with van der Waals surface area (Å²) in [5.74, 6) is -0.0362. The van der Waals surface area contributed by atoms with Gasteiger partial charge < -0.3 is 9.72 Å². The van der Waals surface area contributed by atoms with E-state index in [0.29, 0.717) is 13.0 Å². The van der Waals surface area contributed by atoms with Gasteiger partial charge in [0, 0.05) is 23.7 Å². The number of hydrogen-bond donors (Lipinski definition) is 1. The predicted octanol–water partition coefficient (Wildman–Crippen LogP) is 3.00. The number of hydrogen-bond acceptors (Lipinski definition) is 3. The van der Waals surface area contributed by atoms with Crippen LogP contribution in [0.25, 0.3) is 11.3 Å². The van der Waals surface area contributed by atoms with E-state index in [1.54, 1.807) is 0 Å². The lowest BCUT2D eigenvalue weighted by atomic mass is 10.1. The molecule has 0 aliphatic rings. The van der Waals surface area contributed by atoms with E-state index in [2.05, 4.69) is 15.4 Å². The van der Waals surface area contributed by atoms with Crippen molar-refractivity contribution in [1.82, 2.24) is 24.5 Å². The normalized spacial score (nSPS) is 11.0. The number of nitrogens with zero attached hydrogens (tertiary/aromatic N) is 4. The standard InChI is InChI=1S/C21H21N5O/c1-15-19(16(2)26(24-15)18-8-4-3-5-9-18)12-21(27)22-13-17-14-25-11-7-6-10-20(25)23-17/h3-11,14H,12-13H2,1-2H3,(H,22,27). The van der Waals surface area contributed by atoms with Gasteiger partial charge >= 0.3 is 0 Å². The van der Waals surface area contributed by atoms with E-state index < -0.39 is 0 Å². The highest BCUT2D eigenvalue weighted by Gasteiger charge is 2.16. The predicted molar refractivity (Wildman–Crippen MR) is 104 cm³/mol. The lowest BCUT2D eigenvalue weighted by Gasteiger charge is -2.06. The minimum atomic E-state index is -0.0362. The van der Waals surface area contributed by atoms with Gasteiger partial charge in [-0.05, 0) is 38.1 Å². The minimum absolute atomic E-state index is 0.0362. The number of amides is 1. The van der Waals surface area contributed by atoms with Gasteiger partial charge in [-0.2, -0.15) is 5.10 Å². The van der Waals surface area contributed by atoms with Crippen LogP contribution in [0.3, 0.4) is 0 Å². The number of aromatic nitrogens is 4. The third-order valence-corrected chi connectivity index (χ3v) is 4.66. The van der Waals surface area contributed by atoms with Crippen molar-refractivity contribution in [2.24, 2.45) is 0 Å². The molecule has 136 valence electrons. The Morgan fingerprint density at radius 3 is 2.63 bits per heavy atom. The van der Waals surface area contributed by atoms with Gasteiger partial charge in [0.1, 0.15) is 5.65 Å². The van der Waals surface area contributed by atoms with Crippen LogP contribution in [0.4, 0.5) is 0 Å². The molecule has 6 nitrogen and oxygen atoms in total. The molecule has 1 N–H and O–H groups in total. The van der Waals surface area contributed by atoms with Crippen molar-refractivity contribution in [3.63, 3.8) is 0 Å². The van der Waals surface area contributed by atoms with Crippen LogP contribution in [0, 0.1) is 13.8 Å². The molecule has 0 unspecified atom stereocenters. The summed E-state index contributed by atoms with van der Waals surface area (Å²) >= 11 is 0. The van der Waals surface area contributed by atoms with Crippen molar-refractivity contribution in [3.05, 3.63) is 83.6 Å². The number of rotatable bonds is 5. The molecule has 0 fully saturated rings. The van der Waals surface area contributed by atoms with Gasteiger partial charge in [-0.25, -0.2) is 9.67 Å². The van der Waals surface area contributed by atoms with Crippen LogP contribution in [0.2, 0.25) is 0 Å². The largest absolute Gasteiger partial charge is 0.350 e. The van der Waals surface area contributed by atoms with E-state index in [9.17, 15) is 4.79 Å². The van der Waals surface area contributed by atoms with E-state index in [1.807, 2.05) is 83.9 Å². The first-order valence-corrected chi connectivity index (χ1v) is 8.91. The first-order chi connectivity index (χ1) is 13.1. The number of nitrogens with one attached hydrogen (secondary N) is 1.